The highest BCUT2D eigenvalue weighted by molar-refractivity contribution is 5.32. The maximum Gasteiger partial charge on any atom is 0.126 e. The molecule has 0 fully saturated rings. The topological polar surface area (TPSA) is 21.3 Å². The van der Waals surface area contributed by atoms with Crippen molar-refractivity contribution in [3.63, 3.8) is 0 Å². The van der Waals surface area contributed by atoms with E-state index in [0.29, 0.717) is 5.75 Å². The molecular formula is C14H22FNO. The summed E-state index contributed by atoms with van der Waals surface area (Å²) >= 11 is 0. The molecule has 1 aromatic rings. The van der Waals surface area contributed by atoms with E-state index in [2.05, 4.69) is 19.2 Å². The van der Waals surface area contributed by atoms with E-state index in [1.807, 2.05) is 6.92 Å². The van der Waals surface area contributed by atoms with Crippen LogP contribution in [0.2, 0.25) is 0 Å². The molecule has 0 aliphatic carbocycles. The SMILES string of the molecule is CCCC(CNCC)Oc1cc(F)ccc1C. The number of aryl methyl sites for hydroxylation is 1. The van der Waals surface area contributed by atoms with Crippen LogP contribution in [-0.4, -0.2) is 19.2 Å². The molecule has 1 unspecified atom stereocenters. The van der Waals surface area contributed by atoms with Crippen molar-refractivity contribution in [2.24, 2.45) is 0 Å². The number of nitrogens with one attached hydrogen (secondary N) is 1. The van der Waals surface area contributed by atoms with Gasteiger partial charge in [-0.15, -0.1) is 0 Å². The molecule has 0 aliphatic rings. The predicted octanol–water partition coefficient (Wildman–Crippen LogP) is 3.29. The summed E-state index contributed by atoms with van der Waals surface area (Å²) in [5.74, 6) is 0.408. The van der Waals surface area contributed by atoms with E-state index in [1.165, 1.54) is 12.1 Å². The molecule has 3 heteroatoms. The molecule has 1 aromatic carbocycles. The Bertz CT molecular complexity index is 341. The first-order valence-electron chi connectivity index (χ1n) is 6.30. The number of rotatable bonds is 7. The summed E-state index contributed by atoms with van der Waals surface area (Å²) < 4.78 is 19.0. The van der Waals surface area contributed by atoms with Crippen LogP contribution >= 0.6 is 0 Å². The van der Waals surface area contributed by atoms with Crippen LogP contribution in [0.15, 0.2) is 18.2 Å². The molecule has 0 amide bonds. The zero-order chi connectivity index (χ0) is 12.7. The van der Waals surface area contributed by atoms with Crippen LogP contribution in [-0.2, 0) is 0 Å². The van der Waals surface area contributed by atoms with Gasteiger partial charge in [0.1, 0.15) is 17.7 Å². The number of likely N-dealkylation sites (N-methyl/N-ethyl adjacent to an activating group) is 1. The van der Waals surface area contributed by atoms with Gasteiger partial charge in [0.25, 0.3) is 0 Å². The first kappa shape index (κ1) is 14.0. The minimum absolute atomic E-state index is 0.112. The van der Waals surface area contributed by atoms with Gasteiger partial charge >= 0.3 is 0 Å². The van der Waals surface area contributed by atoms with Gasteiger partial charge in [0.05, 0.1) is 0 Å². The van der Waals surface area contributed by atoms with E-state index in [-0.39, 0.29) is 11.9 Å². The van der Waals surface area contributed by atoms with Gasteiger partial charge in [0.15, 0.2) is 0 Å². The summed E-state index contributed by atoms with van der Waals surface area (Å²) in [6, 6.07) is 4.67. The molecule has 0 saturated heterocycles. The maximum atomic E-state index is 13.1. The van der Waals surface area contributed by atoms with E-state index in [9.17, 15) is 4.39 Å². The average Bonchev–Trinajstić information content (AvgIpc) is 2.31. The minimum Gasteiger partial charge on any atom is -0.489 e. The predicted molar refractivity (Wildman–Crippen MR) is 69.0 cm³/mol. The first-order valence-corrected chi connectivity index (χ1v) is 6.30. The maximum absolute atomic E-state index is 13.1. The van der Waals surface area contributed by atoms with Crippen LogP contribution in [0.25, 0.3) is 0 Å². The standard InChI is InChI=1S/C14H22FNO/c1-4-6-13(10-16-5-2)17-14-9-12(15)8-7-11(14)3/h7-9,13,16H,4-6,10H2,1-3H3. The van der Waals surface area contributed by atoms with Crippen molar-refractivity contribution in [1.29, 1.82) is 0 Å². The Morgan fingerprint density at radius 2 is 2.12 bits per heavy atom. The lowest BCUT2D eigenvalue weighted by Crippen LogP contribution is -2.31. The molecule has 1 N–H and O–H groups in total. The molecule has 2 nitrogen and oxygen atoms in total. The van der Waals surface area contributed by atoms with Crippen LogP contribution in [0.3, 0.4) is 0 Å². The van der Waals surface area contributed by atoms with E-state index in [0.717, 1.165) is 31.5 Å². The lowest BCUT2D eigenvalue weighted by molar-refractivity contribution is 0.185. The Kier molecular flexibility index (Phi) is 5.98. The van der Waals surface area contributed by atoms with Crippen LogP contribution in [0.5, 0.6) is 5.75 Å². The van der Waals surface area contributed by atoms with E-state index in [4.69, 9.17) is 4.74 Å². The second kappa shape index (κ2) is 7.28. The van der Waals surface area contributed by atoms with Gasteiger partial charge in [-0.25, -0.2) is 4.39 Å². The number of hydrogen-bond donors (Lipinski definition) is 1. The van der Waals surface area contributed by atoms with Crippen molar-refractivity contribution < 1.29 is 9.13 Å². The van der Waals surface area contributed by atoms with E-state index >= 15 is 0 Å². The van der Waals surface area contributed by atoms with Gasteiger partial charge in [-0.3, -0.25) is 0 Å². The summed E-state index contributed by atoms with van der Waals surface area (Å²) in [6.45, 7) is 7.86. The largest absolute Gasteiger partial charge is 0.489 e. The molecule has 96 valence electrons. The fourth-order valence-corrected chi connectivity index (χ4v) is 1.71. The summed E-state index contributed by atoms with van der Waals surface area (Å²) in [5, 5.41) is 3.27. The second-order valence-corrected chi connectivity index (χ2v) is 4.25. The molecule has 1 atom stereocenters. The molecule has 0 radical (unpaired) electrons. The molecule has 0 saturated carbocycles. The highest BCUT2D eigenvalue weighted by Crippen LogP contribution is 2.21. The Labute approximate surface area is 103 Å². The Morgan fingerprint density at radius 3 is 2.76 bits per heavy atom. The summed E-state index contributed by atoms with van der Waals surface area (Å²) in [4.78, 5) is 0. The molecule has 0 spiro atoms. The van der Waals surface area contributed by atoms with Crippen molar-refractivity contribution in [3.8, 4) is 5.75 Å². The Hall–Kier alpha value is -1.09. The van der Waals surface area contributed by atoms with Crippen LogP contribution in [0, 0.1) is 12.7 Å². The second-order valence-electron chi connectivity index (χ2n) is 4.25. The van der Waals surface area contributed by atoms with Gasteiger partial charge in [0, 0.05) is 12.6 Å². The summed E-state index contributed by atoms with van der Waals surface area (Å²) in [5.41, 5.74) is 0.976. The van der Waals surface area contributed by atoms with Gasteiger partial charge in [0.2, 0.25) is 0 Å². The lowest BCUT2D eigenvalue weighted by atomic mass is 10.2. The quantitative estimate of drug-likeness (QED) is 0.788. The number of ether oxygens (including phenoxy) is 1. The van der Waals surface area contributed by atoms with E-state index in [1.54, 1.807) is 6.07 Å². The zero-order valence-corrected chi connectivity index (χ0v) is 10.9. The van der Waals surface area contributed by atoms with Gasteiger partial charge in [-0.1, -0.05) is 26.3 Å². The molecule has 0 aromatic heterocycles. The number of hydrogen-bond acceptors (Lipinski definition) is 2. The fourth-order valence-electron chi connectivity index (χ4n) is 1.71. The van der Waals surface area contributed by atoms with Gasteiger partial charge in [-0.2, -0.15) is 0 Å². The molecule has 17 heavy (non-hydrogen) atoms. The monoisotopic (exact) mass is 239 g/mol. The molecule has 0 bridgehead atoms. The third-order valence-corrected chi connectivity index (χ3v) is 2.68. The van der Waals surface area contributed by atoms with Crippen molar-refractivity contribution in [1.82, 2.24) is 5.32 Å². The Balaban J connectivity index is 2.67. The van der Waals surface area contributed by atoms with Crippen molar-refractivity contribution in [2.75, 3.05) is 13.1 Å². The Morgan fingerprint density at radius 1 is 1.35 bits per heavy atom. The van der Waals surface area contributed by atoms with E-state index < -0.39 is 0 Å². The average molecular weight is 239 g/mol. The zero-order valence-electron chi connectivity index (χ0n) is 10.9. The van der Waals surface area contributed by atoms with Crippen LogP contribution in [0.4, 0.5) is 4.39 Å². The lowest BCUT2D eigenvalue weighted by Gasteiger charge is -2.20. The minimum atomic E-state index is -0.246. The molecular weight excluding hydrogens is 217 g/mol. The highest BCUT2D eigenvalue weighted by atomic mass is 19.1. The van der Waals surface area contributed by atoms with Crippen LogP contribution < -0.4 is 10.1 Å². The highest BCUT2D eigenvalue weighted by Gasteiger charge is 2.11. The molecule has 0 heterocycles. The molecule has 1 rings (SSSR count). The fraction of sp³-hybridized carbons (Fsp3) is 0.571. The smallest absolute Gasteiger partial charge is 0.126 e. The molecule has 0 aliphatic heterocycles. The first-order chi connectivity index (χ1) is 8.17. The van der Waals surface area contributed by atoms with Gasteiger partial charge in [-0.05, 0) is 31.5 Å². The normalized spacial score (nSPS) is 12.5. The van der Waals surface area contributed by atoms with Crippen molar-refractivity contribution in [3.05, 3.63) is 29.6 Å². The summed E-state index contributed by atoms with van der Waals surface area (Å²) in [7, 11) is 0. The van der Waals surface area contributed by atoms with Crippen molar-refractivity contribution in [2.45, 2.75) is 39.7 Å². The van der Waals surface area contributed by atoms with Crippen molar-refractivity contribution >= 4 is 0 Å². The van der Waals surface area contributed by atoms with Gasteiger partial charge < -0.3 is 10.1 Å². The third-order valence-electron chi connectivity index (χ3n) is 2.68. The number of benzene rings is 1. The number of halogens is 1. The summed E-state index contributed by atoms with van der Waals surface area (Å²) in [6.07, 6.45) is 2.15. The third kappa shape index (κ3) is 4.73. The van der Waals surface area contributed by atoms with Crippen LogP contribution in [0.1, 0.15) is 32.3 Å².